The molecule has 1 N–H and O–H groups in total. The van der Waals surface area contributed by atoms with Crippen LogP contribution in [0.3, 0.4) is 0 Å². The van der Waals surface area contributed by atoms with Crippen LogP contribution in [0.4, 0.5) is 0 Å². The molecule has 2 heterocycles. The highest BCUT2D eigenvalue weighted by Crippen LogP contribution is 2.23. The Kier molecular flexibility index (Phi) is 5.78. The predicted octanol–water partition coefficient (Wildman–Crippen LogP) is -1.27. The molecular weight excluding hydrogens is 360 g/mol. The molecule has 2 rings (SSSR count). The van der Waals surface area contributed by atoms with E-state index in [2.05, 4.69) is 9.73 Å². The number of hydrazine groups is 1. The van der Waals surface area contributed by atoms with Crippen LogP contribution in [0.2, 0.25) is 0 Å². The first-order valence-electron chi connectivity index (χ1n) is 8.15. The lowest BCUT2D eigenvalue weighted by Crippen LogP contribution is -2.62. The van der Waals surface area contributed by atoms with Crippen molar-refractivity contribution in [2.75, 3.05) is 48.0 Å². The number of guanidine groups is 1. The molecule has 0 bridgehead atoms. The van der Waals surface area contributed by atoms with Gasteiger partial charge in [0, 0.05) is 34.2 Å². The summed E-state index contributed by atoms with van der Waals surface area (Å²) in [7, 11) is 5.42. The van der Waals surface area contributed by atoms with Crippen LogP contribution in [0.5, 0.6) is 0 Å². The number of ether oxygens (including phenoxy) is 1. The molecule has 12 heteroatoms. The number of hydrogen-bond acceptors (Lipinski definition) is 9. The summed E-state index contributed by atoms with van der Waals surface area (Å²) in [6.07, 6.45) is 0. The minimum absolute atomic E-state index is 0.00119. The summed E-state index contributed by atoms with van der Waals surface area (Å²) in [4.78, 5) is 43.4. The topological polar surface area (TPSA) is 132 Å². The molecule has 2 aliphatic rings. The van der Waals surface area contributed by atoms with E-state index in [9.17, 15) is 24.7 Å². The highest BCUT2D eigenvalue weighted by Gasteiger charge is 2.38. The number of methoxy groups -OCH3 is 1. The van der Waals surface area contributed by atoms with Gasteiger partial charge < -0.3 is 29.9 Å². The third-order valence-corrected chi connectivity index (χ3v) is 4.11. The molecule has 0 radical (unpaired) electrons. The normalized spacial score (nSPS) is 21.9. The maximum Gasteiger partial charge on any atom is 0.330 e. The Labute approximate surface area is 156 Å². The van der Waals surface area contributed by atoms with Crippen LogP contribution in [-0.4, -0.2) is 102 Å². The van der Waals surface area contributed by atoms with Gasteiger partial charge in [-0.3, -0.25) is 19.4 Å². The lowest BCUT2D eigenvalue weighted by Gasteiger charge is -2.46. The van der Waals surface area contributed by atoms with Gasteiger partial charge in [0.15, 0.2) is 0 Å². The predicted molar refractivity (Wildman–Crippen MR) is 93.2 cm³/mol. The molecule has 0 aromatic carbocycles. The standard InChI is InChI=1S/C15H23N6O6/c1-9-6-19-8-21(26)11(22)10(14(25)27-5)16-15(19)20(7-9)18(4)13(24)12(23)17(2)3/h9,25H,6-8H2,1-5H3/q-1. The zero-order valence-electron chi connectivity index (χ0n) is 15.9. The van der Waals surface area contributed by atoms with Crippen LogP contribution in [0.25, 0.3) is 0 Å². The van der Waals surface area contributed by atoms with Crippen LogP contribution < -0.4 is 0 Å². The summed E-state index contributed by atoms with van der Waals surface area (Å²) in [6, 6.07) is 0. The van der Waals surface area contributed by atoms with Crippen molar-refractivity contribution in [2.45, 2.75) is 6.92 Å². The number of aliphatic imine (C=N–C) groups is 1. The Bertz CT molecular complexity index is 705. The van der Waals surface area contributed by atoms with E-state index in [4.69, 9.17) is 0 Å². The molecule has 3 amide bonds. The van der Waals surface area contributed by atoms with Crippen LogP contribution in [0, 0.1) is 11.1 Å². The van der Waals surface area contributed by atoms with Gasteiger partial charge in [-0.1, -0.05) is 6.92 Å². The Hall–Kier alpha value is -3.02. The first-order valence-corrected chi connectivity index (χ1v) is 8.15. The number of hydroxylamine groups is 2. The third kappa shape index (κ3) is 3.89. The van der Waals surface area contributed by atoms with Crippen molar-refractivity contribution < 1.29 is 24.2 Å². The van der Waals surface area contributed by atoms with E-state index in [1.54, 1.807) is 0 Å². The number of amides is 3. The molecule has 1 atom stereocenters. The Morgan fingerprint density at radius 2 is 1.89 bits per heavy atom. The SMILES string of the molecule is COC(O)=C1N=C2N(CC(C)CN2N(C)C(=O)C(=O)N(C)C)CN([O-])C1=O. The minimum Gasteiger partial charge on any atom is -0.755 e. The first-order chi connectivity index (χ1) is 12.6. The molecule has 0 aliphatic carbocycles. The minimum atomic E-state index is -1.07. The molecule has 1 saturated heterocycles. The van der Waals surface area contributed by atoms with Gasteiger partial charge >= 0.3 is 17.8 Å². The number of hydrogen-bond donors (Lipinski definition) is 1. The molecule has 0 saturated carbocycles. The largest absolute Gasteiger partial charge is 0.755 e. The number of fused-ring (bicyclic) bond motifs is 1. The Balaban J connectivity index is 2.50. The van der Waals surface area contributed by atoms with Crippen molar-refractivity contribution in [3.05, 3.63) is 16.8 Å². The van der Waals surface area contributed by atoms with Crippen molar-refractivity contribution in [1.82, 2.24) is 24.9 Å². The fourth-order valence-electron chi connectivity index (χ4n) is 2.72. The fraction of sp³-hybridized carbons (Fsp3) is 0.600. The van der Waals surface area contributed by atoms with Crippen LogP contribution >= 0.6 is 0 Å². The fourth-order valence-corrected chi connectivity index (χ4v) is 2.72. The van der Waals surface area contributed by atoms with Crippen LogP contribution in [0.15, 0.2) is 16.6 Å². The Morgan fingerprint density at radius 3 is 2.44 bits per heavy atom. The monoisotopic (exact) mass is 383 g/mol. The molecular formula is C15H23N6O6-. The number of aliphatic hydroxyl groups excluding tert-OH is 1. The highest BCUT2D eigenvalue weighted by molar-refractivity contribution is 6.34. The maximum absolute atomic E-state index is 12.4. The number of nitrogens with zero attached hydrogens (tertiary/aromatic N) is 6. The number of aliphatic hydroxyl groups is 1. The molecule has 1 fully saturated rings. The van der Waals surface area contributed by atoms with Gasteiger partial charge in [0.1, 0.15) is 0 Å². The average Bonchev–Trinajstić information content (AvgIpc) is 2.75. The highest BCUT2D eigenvalue weighted by atomic mass is 16.6. The van der Waals surface area contributed by atoms with Crippen molar-refractivity contribution in [3.8, 4) is 0 Å². The van der Waals surface area contributed by atoms with E-state index in [1.807, 2.05) is 6.92 Å². The second-order valence-corrected chi connectivity index (χ2v) is 6.53. The molecule has 1 unspecified atom stereocenters. The van der Waals surface area contributed by atoms with Crippen molar-refractivity contribution in [2.24, 2.45) is 10.9 Å². The van der Waals surface area contributed by atoms with Gasteiger partial charge in [0.25, 0.3) is 5.91 Å². The third-order valence-electron chi connectivity index (χ3n) is 4.11. The molecule has 150 valence electrons. The van der Waals surface area contributed by atoms with Crippen LogP contribution in [-0.2, 0) is 19.1 Å². The summed E-state index contributed by atoms with van der Waals surface area (Å²) < 4.78 is 4.64. The number of likely N-dealkylation sites (N-methyl/N-ethyl adjacent to an activating group) is 2. The quantitative estimate of drug-likeness (QED) is 0.355. The summed E-state index contributed by atoms with van der Waals surface area (Å²) in [6.45, 7) is 2.25. The molecule has 2 aliphatic heterocycles. The summed E-state index contributed by atoms with van der Waals surface area (Å²) in [5, 5.41) is 24.5. The van der Waals surface area contributed by atoms with Gasteiger partial charge in [0.2, 0.25) is 11.7 Å². The zero-order valence-corrected chi connectivity index (χ0v) is 15.9. The van der Waals surface area contributed by atoms with Crippen molar-refractivity contribution in [1.29, 1.82) is 0 Å². The van der Waals surface area contributed by atoms with Gasteiger partial charge in [-0.25, -0.2) is 10.0 Å². The first kappa shape index (κ1) is 20.3. The summed E-state index contributed by atoms with van der Waals surface area (Å²) in [5.41, 5.74) is -0.579. The van der Waals surface area contributed by atoms with E-state index in [1.165, 1.54) is 31.1 Å². The number of carbonyl (C=O) groups excluding carboxylic acids is 3. The van der Waals surface area contributed by atoms with Gasteiger partial charge in [-0.15, -0.1) is 0 Å². The lowest BCUT2D eigenvalue weighted by atomic mass is 10.1. The molecule has 0 spiro atoms. The summed E-state index contributed by atoms with van der Waals surface area (Å²) >= 11 is 0. The lowest BCUT2D eigenvalue weighted by molar-refractivity contribution is -0.157. The second-order valence-electron chi connectivity index (χ2n) is 6.53. The summed E-state index contributed by atoms with van der Waals surface area (Å²) in [5.74, 6) is -3.35. The van der Waals surface area contributed by atoms with E-state index >= 15 is 0 Å². The smallest absolute Gasteiger partial charge is 0.330 e. The zero-order chi connectivity index (χ0) is 20.5. The van der Waals surface area contributed by atoms with Crippen molar-refractivity contribution >= 4 is 23.7 Å². The van der Waals surface area contributed by atoms with E-state index in [0.717, 1.165) is 17.0 Å². The maximum atomic E-state index is 12.4. The molecule has 27 heavy (non-hydrogen) atoms. The molecule has 12 nitrogen and oxygen atoms in total. The van der Waals surface area contributed by atoms with Gasteiger partial charge in [0.05, 0.1) is 13.8 Å². The number of rotatable bonds is 2. The number of carbonyl (C=O) groups is 3. The van der Waals surface area contributed by atoms with E-state index < -0.39 is 29.4 Å². The molecule has 0 aromatic heterocycles. The average molecular weight is 383 g/mol. The van der Waals surface area contributed by atoms with Crippen LogP contribution in [0.1, 0.15) is 6.92 Å². The van der Waals surface area contributed by atoms with Gasteiger partial charge in [-0.2, -0.15) is 0 Å². The second kappa shape index (κ2) is 7.70. The Morgan fingerprint density at radius 1 is 1.26 bits per heavy atom. The van der Waals surface area contributed by atoms with Crippen molar-refractivity contribution in [3.63, 3.8) is 0 Å². The molecule has 0 aromatic rings. The van der Waals surface area contributed by atoms with E-state index in [-0.39, 0.29) is 23.6 Å². The van der Waals surface area contributed by atoms with Gasteiger partial charge in [-0.05, 0) is 5.92 Å². The van der Waals surface area contributed by atoms with E-state index in [0.29, 0.717) is 13.1 Å².